The first-order chi connectivity index (χ1) is 4.22. The molecule has 3 nitrogen and oxygen atoms in total. The number of rotatable bonds is 1. The molecule has 1 rings (SSSR count). The van der Waals surface area contributed by atoms with Gasteiger partial charge in [-0.15, -0.1) is 0 Å². The molecular formula is C6H11FeNO2. The van der Waals surface area contributed by atoms with Crippen LogP contribution in [0.25, 0.3) is 0 Å². The van der Waals surface area contributed by atoms with Crippen molar-refractivity contribution >= 4 is 5.97 Å². The van der Waals surface area contributed by atoms with E-state index in [0.717, 1.165) is 13.0 Å². The summed E-state index contributed by atoms with van der Waals surface area (Å²) >= 11 is 0. The normalized spacial score (nSPS) is 31.3. The fraction of sp³-hybridized carbons (Fsp3) is 0.833. The van der Waals surface area contributed by atoms with Gasteiger partial charge in [0.05, 0.1) is 0 Å². The predicted octanol–water partition coefficient (Wildman–Crippen LogP) is 0.0665. The minimum Gasteiger partial charge on any atom is -0.480 e. The van der Waals surface area contributed by atoms with Crippen LogP contribution < -0.4 is 5.32 Å². The zero-order chi connectivity index (χ0) is 6.85. The van der Waals surface area contributed by atoms with E-state index in [1.54, 1.807) is 0 Å². The Balaban J connectivity index is 0.000000810. The SMILES string of the molecule is CC1CCNC1C(=O)O.[Fe]. The summed E-state index contributed by atoms with van der Waals surface area (Å²) in [5.41, 5.74) is 0. The first-order valence-electron chi connectivity index (χ1n) is 3.18. The van der Waals surface area contributed by atoms with Gasteiger partial charge < -0.3 is 10.4 Å². The van der Waals surface area contributed by atoms with Crippen molar-refractivity contribution in [3.05, 3.63) is 0 Å². The van der Waals surface area contributed by atoms with Crippen molar-refractivity contribution in [3.8, 4) is 0 Å². The molecule has 0 aromatic carbocycles. The summed E-state index contributed by atoms with van der Waals surface area (Å²) in [6, 6.07) is -0.301. The maximum absolute atomic E-state index is 10.3. The fourth-order valence-electron chi connectivity index (χ4n) is 1.17. The maximum Gasteiger partial charge on any atom is 0.320 e. The monoisotopic (exact) mass is 185 g/mol. The van der Waals surface area contributed by atoms with E-state index in [1.807, 2.05) is 6.92 Å². The van der Waals surface area contributed by atoms with Gasteiger partial charge in [0.25, 0.3) is 0 Å². The van der Waals surface area contributed by atoms with Crippen molar-refractivity contribution < 1.29 is 27.0 Å². The second-order valence-corrected chi connectivity index (χ2v) is 2.54. The van der Waals surface area contributed by atoms with Gasteiger partial charge in [0, 0.05) is 17.1 Å². The summed E-state index contributed by atoms with van der Waals surface area (Å²) in [7, 11) is 0. The van der Waals surface area contributed by atoms with Crippen LogP contribution in [0.2, 0.25) is 0 Å². The molecule has 1 aliphatic rings. The van der Waals surface area contributed by atoms with E-state index in [4.69, 9.17) is 5.11 Å². The molecule has 0 aromatic heterocycles. The molecule has 0 amide bonds. The van der Waals surface area contributed by atoms with Gasteiger partial charge in [0.2, 0.25) is 0 Å². The predicted molar refractivity (Wildman–Crippen MR) is 33.2 cm³/mol. The van der Waals surface area contributed by atoms with Crippen molar-refractivity contribution in [1.82, 2.24) is 5.32 Å². The zero-order valence-corrected chi connectivity index (χ0v) is 6.88. The minimum absolute atomic E-state index is 0. The zero-order valence-electron chi connectivity index (χ0n) is 5.78. The Morgan fingerprint density at radius 2 is 2.30 bits per heavy atom. The van der Waals surface area contributed by atoms with Crippen molar-refractivity contribution in [2.75, 3.05) is 6.54 Å². The molecule has 1 heterocycles. The van der Waals surface area contributed by atoms with Gasteiger partial charge in [-0.1, -0.05) is 6.92 Å². The van der Waals surface area contributed by atoms with E-state index in [-0.39, 0.29) is 23.1 Å². The Kier molecular flexibility index (Phi) is 3.94. The number of carboxylic acids is 1. The molecular weight excluding hydrogens is 174 g/mol. The third-order valence-electron chi connectivity index (χ3n) is 1.80. The van der Waals surface area contributed by atoms with Crippen LogP contribution in [0.1, 0.15) is 13.3 Å². The molecule has 1 saturated heterocycles. The van der Waals surface area contributed by atoms with Gasteiger partial charge in [-0.2, -0.15) is 0 Å². The van der Waals surface area contributed by atoms with Crippen molar-refractivity contribution in [2.24, 2.45) is 5.92 Å². The Labute approximate surface area is 70.7 Å². The van der Waals surface area contributed by atoms with E-state index in [0.29, 0.717) is 5.92 Å². The first-order valence-corrected chi connectivity index (χ1v) is 3.18. The Bertz CT molecular complexity index is 129. The molecule has 4 heteroatoms. The van der Waals surface area contributed by atoms with E-state index >= 15 is 0 Å². The number of hydrogen-bond donors (Lipinski definition) is 2. The van der Waals surface area contributed by atoms with Gasteiger partial charge in [0.1, 0.15) is 6.04 Å². The number of aliphatic carboxylic acids is 1. The molecule has 60 valence electrons. The third kappa shape index (κ3) is 1.97. The van der Waals surface area contributed by atoms with Crippen molar-refractivity contribution in [2.45, 2.75) is 19.4 Å². The number of nitrogens with one attached hydrogen (secondary N) is 1. The smallest absolute Gasteiger partial charge is 0.320 e. The fourth-order valence-corrected chi connectivity index (χ4v) is 1.17. The average molecular weight is 185 g/mol. The Morgan fingerprint density at radius 1 is 1.70 bits per heavy atom. The Morgan fingerprint density at radius 3 is 2.50 bits per heavy atom. The summed E-state index contributed by atoms with van der Waals surface area (Å²) in [4.78, 5) is 10.3. The summed E-state index contributed by atoms with van der Waals surface area (Å²) in [6.07, 6.45) is 0.983. The van der Waals surface area contributed by atoms with Crippen LogP contribution in [-0.4, -0.2) is 23.7 Å². The molecule has 2 N–H and O–H groups in total. The average Bonchev–Trinajstić information content (AvgIpc) is 2.13. The molecule has 0 spiro atoms. The van der Waals surface area contributed by atoms with Gasteiger partial charge >= 0.3 is 5.97 Å². The van der Waals surface area contributed by atoms with Crippen LogP contribution in [0, 0.1) is 5.92 Å². The topological polar surface area (TPSA) is 49.3 Å². The number of hydrogen-bond acceptors (Lipinski definition) is 2. The van der Waals surface area contributed by atoms with E-state index in [1.165, 1.54) is 0 Å². The van der Waals surface area contributed by atoms with Crippen LogP contribution in [-0.2, 0) is 21.9 Å². The summed E-state index contributed by atoms with van der Waals surface area (Å²) < 4.78 is 0. The molecule has 0 radical (unpaired) electrons. The van der Waals surface area contributed by atoms with Crippen LogP contribution in [0.5, 0.6) is 0 Å². The van der Waals surface area contributed by atoms with Crippen LogP contribution >= 0.6 is 0 Å². The second kappa shape index (κ2) is 3.96. The Hall–Kier alpha value is -0.0505. The largest absolute Gasteiger partial charge is 0.480 e. The van der Waals surface area contributed by atoms with E-state index < -0.39 is 5.97 Å². The second-order valence-electron chi connectivity index (χ2n) is 2.54. The summed E-state index contributed by atoms with van der Waals surface area (Å²) in [5, 5.41) is 11.4. The van der Waals surface area contributed by atoms with Gasteiger partial charge in [-0.25, -0.2) is 0 Å². The quantitative estimate of drug-likeness (QED) is 0.568. The van der Waals surface area contributed by atoms with Crippen LogP contribution in [0.3, 0.4) is 0 Å². The molecule has 0 bridgehead atoms. The molecule has 1 fully saturated rings. The van der Waals surface area contributed by atoms with Gasteiger partial charge in [0.15, 0.2) is 0 Å². The molecule has 2 atom stereocenters. The molecule has 0 aliphatic carbocycles. The third-order valence-corrected chi connectivity index (χ3v) is 1.80. The standard InChI is InChI=1S/C6H11NO2.Fe/c1-4-2-3-7-5(4)6(8)9;/h4-5,7H,2-3H2,1H3,(H,8,9);. The van der Waals surface area contributed by atoms with Crippen molar-refractivity contribution in [1.29, 1.82) is 0 Å². The van der Waals surface area contributed by atoms with Crippen LogP contribution in [0.15, 0.2) is 0 Å². The molecule has 2 unspecified atom stereocenters. The molecule has 10 heavy (non-hydrogen) atoms. The molecule has 0 aromatic rings. The summed E-state index contributed by atoms with van der Waals surface area (Å²) in [6.45, 7) is 2.80. The summed E-state index contributed by atoms with van der Waals surface area (Å²) in [5.74, 6) is -0.428. The molecule has 1 aliphatic heterocycles. The van der Waals surface area contributed by atoms with E-state index in [9.17, 15) is 4.79 Å². The van der Waals surface area contributed by atoms with Gasteiger partial charge in [-0.05, 0) is 18.9 Å². The van der Waals surface area contributed by atoms with E-state index in [2.05, 4.69) is 5.32 Å². The van der Waals surface area contributed by atoms with Gasteiger partial charge in [-0.3, -0.25) is 4.79 Å². The number of carboxylic acid groups (broad SMARTS) is 1. The minimum atomic E-state index is -0.722. The van der Waals surface area contributed by atoms with Crippen LogP contribution in [0.4, 0.5) is 0 Å². The maximum atomic E-state index is 10.3. The number of carbonyl (C=O) groups is 1. The first kappa shape index (κ1) is 9.95. The van der Waals surface area contributed by atoms with Crippen molar-refractivity contribution in [3.63, 3.8) is 0 Å². The molecule has 0 saturated carbocycles.